The van der Waals surface area contributed by atoms with Crippen LogP contribution in [0.5, 0.6) is 0 Å². The zero-order valence-electron chi connectivity index (χ0n) is 11.2. The third-order valence-electron chi connectivity index (χ3n) is 3.55. The van der Waals surface area contributed by atoms with Crippen LogP contribution in [0.2, 0.25) is 0 Å². The van der Waals surface area contributed by atoms with Gasteiger partial charge >= 0.3 is 0 Å². The third kappa shape index (κ3) is 3.23. The average molecular weight is 265 g/mol. The van der Waals surface area contributed by atoms with Crippen molar-refractivity contribution in [3.05, 3.63) is 24.0 Å². The summed E-state index contributed by atoms with van der Waals surface area (Å²) in [6.45, 7) is 2.96. The predicted octanol–water partition coefficient (Wildman–Crippen LogP) is 2.10. The molecule has 0 aliphatic carbocycles. The molecule has 1 aromatic carbocycles. The van der Waals surface area contributed by atoms with Crippen molar-refractivity contribution in [3.8, 4) is 0 Å². The summed E-state index contributed by atoms with van der Waals surface area (Å²) in [5, 5.41) is 2.44. The number of nitrogens with one attached hydrogen (secondary N) is 1. The van der Waals surface area contributed by atoms with Crippen molar-refractivity contribution in [1.82, 2.24) is 0 Å². The van der Waals surface area contributed by atoms with Gasteiger partial charge < -0.3 is 16.0 Å². The van der Waals surface area contributed by atoms with Crippen molar-refractivity contribution >= 4 is 17.3 Å². The molecule has 1 aliphatic heterocycles. The molecule has 1 unspecified atom stereocenters. The number of anilines is 2. The summed E-state index contributed by atoms with van der Waals surface area (Å²) >= 11 is 0. The Balaban J connectivity index is 2.16. The SMILES string of the molecule is CC1CCCCN1c1ccc(NC(=O)CN)c(F)c1. The van der Waals surface area contributed by atoms with Gasteiger partial charge in [0, 0.05) is 18.3 Å². The molecule has 1 atom stereocenters. The number of piperidine rings is 1. The third-order valence-corrected chi connectivity index (χ3v) is 3.55. The Bertz CT molecular complexity index is 464. The predicted molar refractivity (Wildman–Crippen MR) is 74.7 cm³/mol. The van der Waals surface area contributed by atoms with Gasteiger partial charge in [0.15, 0.2) is 0 Å². The minimum Gasteiger partial charge on any atom is -0.369 e. The molecule has 1 amide bonds. The van der Waals surface area contributed by atoms with E-state index in [2.05, 4.69) is 17.1 Å². The van der Waals surface area contributed by atoms with E-state index in [-0.39, 0.29) is 12.2 Å². The van der Waals surface area contributed by atoms with E-state index < -0.39 is 11.7 Å². The first kappa shape index (κ1) is 13.8. The maximum absolute atomic E-state index is 13.9. The molecule has 3 N–H and O–H groups in total. The summed E-state index contributed by atoms with van der Waals surface area (Å²) in [6, 6.07) is 5.35. The number of hydrogen-bond acceptors (Lipinski definition) is 3. The average Bonchev–Trinajstić information content (AvgIpc) is 2.41. The highest BCUT2D eigenvalue weighted by molar-refractivity contribution is 5.92. The highest BCUT2D eigenvalue weighted by Gasteiger charge is 2.19. The van der Waals surface area contributed by atoms with Gasteiger partial charge in [-0.15, -0.1) is 0 Å². The van der Waals surface area contributed by atoms with Crippen LogP contribution in [0, 0.1) is 5.82 Å². The molecule has 1 aliphatic rings. The number of nitrogens with two attached hydrogens (primary N) is 1. The zero-order chi connectivity index (χ0) is 13.8. The van der Waals surface area contributed by atoms with E-state index in [4.69, 9.17) is 5.73 Å². The molecule has 1 saturated heterocycles. The Morgan fingerprint density at radius 1 is 1.53 bits per heavy atom. The van der Waals surface area contributed by atoms with E-state index in [0.717, 1.165) is 25.1 Å². The molecule has 0 spiro atoms. The summed E-state index contributed by atoms with van der Waals surface area (Å²) in [4.78, 5) is 13.4. The molecule has 0 bridgehead atoms. The Hall–Kier alpha value is -1.62. The van der Waals surface area contributed by atoms with Crippen molar-refractivity contribution in [3.63, 3.8) is 0 Å². The molecule has 0 radical (unpaired) electrons. The van der Waals surface area contributed by atoms with Gasteiger partial charge in [0.2, 0.25) is 5.91 Å². The van der Waals surface area contributed by atoms with Gasteiger partial charge in [0.25, 0.3) is 0 Å². The van der Waals surface area contributed by atoms with Crippen molar-refractivity contribution in [2.75, 3.05) is 23.3 Å². The van der Waals surface area contributed by atoms with Gasteiger partial charge in [-0.3, -0.25) is 4.79 Å². The van der Waals surface area contributed by atoms with Crippen LogP contribution in [0.3, 0.4) is 0 Å². The van der Waals surface area contributed by atoms with Crippen molar-refractivity contribution in [2.45, 2.75) is 32.2 Å². The van der Waals surface area contributed by atoms with Crippen LogP contribution in [0.1, 0.15) is 26.2 Å². The van der Waals surface area contributed by atoms with Crippen molar-refractivity contribution < 1.29 is 9.18 Å². The maximum atomic E-state index is 13.9. The van der Waals surface area contributed by atoms with Gasteiger partial charge in [0.05, 0.1) is 12.2 Å². The van der Waals surface area contributed by atoms with E-state index in [1.807, 2.05) is 6.07 Å². The number of halogens is 1. The van der Waals surface area contributed by atoms with Gasteiger partial charge in [0.1, 0.15) is 5.82 Å². The Kier molecular flexibility index (Phi) is 4.37. The minimum atomic E-state index is -0.419. The number of benzene rings is 1. The summed E-state index contributed by atoms with van der Waals surface area (Å²) in [5.41, 5.74) is 6.25. The molecule has 104 valence electrons. The minimum absolute atomic E-state index is 0.148. The second kappa shape index (κ2) is 6.02. The lowest BCUT2D eigenvalue weighted by atomic mass is 10.0. The molecule has 0 aromatic heterocycles. The molecule has 0 saturated carbocycles. The normalized spacial score (nSPS) is 19.3. The standard InChI is InChI=1S/C14H20FN3O/c1-10-4-2-3-7-18(10)11-5-6-13(12(15)8-11)17-14(19)9-16/h5-6,8,10H,2-4,7,9,16H2,1H3,(H,17,19). The Morgan fingerprint density at radius 3 is 2.95 bits per heavy atom. The van der Waals surface area contributed by atoms with E-state index >= 15 is 0 Å². The summed E-state index contributed by atoms with van der Waals surface area (Å²) in [5.74, 6) is -0.810. The first-order chi connectivity index (χ1) is 9.11. The molecule has 1 aromatic rings. The zero-order valence-corrected chi connectivity index (χ0v) is 11.2. The van der Waals surface area contributed by atoms with E-state index in [1.54, 1.807) is 6.07 Å². The number of nitrogens with zero attached hydrogens (tertiary/aromatic N) is 1. The van der Waals surface area contributed by atoms with Crippen LogP contribution in [-0.2, 0) is 4.79 Å². The number of carbonyl (C=O) groups is 1. The van der Waals surface area contributed by atoms with Crippen LogP contribution in [0.4, 0.5) is 15.8 Å². The monoisotopic (exact) mass is 265 g/mol. The molecule has 1 fully saturated rings. The van der Waals surface area contributed by atoms with E-state index in [9.17, 15) is 9.18 Å². The largest absolute Gasteiger partial charge is 0.369 e. The molecular formula is C14H20FN3O. The lowest BCUT2D eigenvalue weighted by Gasteiger charge is -2.35. The summed E-state index contributed by atoms with van der Waals surface area (Å²) in [6.07, 6.45) is 3.50. The lowest BCUT2D eigenvalue weighted by molar-refractivity contribution is -0.114. The van der Waals surface area contributed by atoms with Crippen molar-refractivity contribution in [1.29, 1.82) is 0 Å². The fraction of sp³-hybridized carbons (Fsp3) is 0.500. The Labute approximate surface area is 112 Å². The second-order valence-corrected chi connectivity index (χ2v) is 4.95. The number of carbonyl (C=O) groups excluding carboxylic acids is 1. The van der Waals surface area contributed by atoms with Crippen LogP contribution in [0.15, 0.2) is 18.2 Å². The highest BCUT2D eigenvalue weighted by atomic mass is 19.1. The smallest absolute Gasteiger partial charge is 0.238 e. The fourth-order valence-electron chi connectivity index (χ4n) is 2.47. The first-order valence-corrected chi connectivity index (χ1v) is 6.68. The molecule has 1 heterocycles. The molecule has 5 heteroatoms. The van der Waals surface area contributed by atoms with Crippen molar-refractivity contribution in [2.24, 2.45) is 5.73 Å². The topological polar surface area (TPSA) is 58.4 Å². The van der Waals surface area contributed by atoms with E-state index in [1.165, 1.54) is 12.5 Å². The lowest BCUT2D eigenvalue weighted by Crippen LogP contribution is -2.37. The fourth-order valence-corrected chi connectivity index (χ4v) is 2.47. The van der Waals surface area contributed by atoms with Crippen LogP contribution in [-0.4, -0.2) is 25.0 Å². The summed E-state index contributed by atoms with van der Waals surface area (Å²) < 4.78 is 13.9. The van der Waals surface area contributed by atoms with Crippen LogP contribution < -0.4 is 16.0 Å². The van der Waals surface area contributed by atoms with Crippen LogP contribution >= 0.6 is 0 Å². The quantitative estimate of drug-likeness (QED) is 0.880. The van der Waals surface area contributed by atoms with Gasteiger partial charge in [-0.05, 0) is 44.4 Å². The molecule has 19 heavy (non-hydrogen) atoms. The molecule has 2 rings (SSSR count). The second-order valence-electron chi connectivity index (χ2n) is 4.95. The van der Waals surface area contributed by atoms with Gasteiger partial charge in [-0.2, -0.15) is 0 Å². The number of amides is 1. The molecule has 4 nitrogen and oxygen atoms in total. The number of hydrogen-bond donors (Lipinski definition) is 2. The highest BCUT2D eigenvalue weighted by Crippen LogP contribution is 2.27. The van der Waals surface area contributed by atoms with Crippen LogP contribution in [0.25, 0.3) is 0 Å². The summed E-state index contributed by atoms with van der Waals surface area (Å²) in [7, 11) is 0. The molecular weight excluding hydrogens is 245 g/mol. The number of rotatable bonds is 3. The first-order valence-electron chi connectivity index (χ1n) is 6.68. The maximum Gasteiger partial charge on any atom is 0.238 e. The van der Waals surface area contributed by atoms with E-state index in [0.29, 0.717) is 6.04 Å². The Morgan fingerprint density at radius 2 is 2.32 bits per heavy atom. The van der Waals surface area contributed by atoms with Gasteiger partial charge in [-0.1, -0.05) is 0 Å². The van der Waals surface area contributed by atoms with Gasteiger partial charge in [-0.25, -0.2) is 4.39 Å².